The van der Waals surface area contributed by atoms with Crippen molar-refractivity contribution in [2.24, 2.45) is 7.05 Å². The predicted molar refractivity (Wildman–Crippen MR) is 85.4 cm³/mol. The molecule has 0 aliphatic heterocycles. The summed E-state index contributed by atoms with van der Waals surface area (Å²) in [5.41, 5.74) is 4.38. The molecule has 1 N–H and O–H groups in total. The van der Waals surface area contributed by atoms with E-state index >= 15 is 0 Å². The molecule has 0 spiro atoms. The molecule has 0 fully saturated rings. The number of H-pyrrole nitrogens is 1. The summed E-state index contributed by atoms with van der Waals surface area (Å²) >= 11 is 5.46. The van der Waals surface area contributed by atoms with Crippen LogP contribution in [0, 0.1) is 4.77 Å². The Balaban J connectivity index is 2.08. The van der Waals surface area contributed by atoms with E-state index in [9.17, 15) is 0 Å². The minimum Gasteiger partial charge on any atom is -0.497 e. The van der Waals surface area contributed by atoms with Crippen LogP contribution >= 0.6 is 12.2 Å². The van der Waals surface area contributed by atoms with Gasteiger partial charge in [-0.1, -0.05) is 6.92 Å². The molecule has 0 aliphatic carbocycles. The number of aromatic amines is 1. The van der Waals surface area contributed by atoms with E-state index in [4.69, 9.17) is 17.0 Å². The van der Waals surface area contributed by atoms with Crippen LogP contribution in [-0.2, 0) is 20.0 Å². The van der Waals surface area contributed by atoms with Gasteiger partial charge >= 0.3 is 0 Å². The lowest BCUT2D eigenvalue weighted by molar-refractivity contribution is 0.415. The van der Waals surface area contributed by atoms with E-state index < -0.39 is 0 Å². The largest absolute Gasteiger partial charge is 0.497 e. The number of ether oxygens (including phenoxy) is 1. The molecule has 0 aliphatic rings. The summed E-state index contributed by atoms with van der Waals surface area (Å²) in [5.74, 6) is 0.821. The fourth-order valence-corrected chi connectivity index (χ4v) is 2.88. The van der Waals surface area contributed by atoms with Gasteiger partial charge in [-0.3, -0.25) is 4.68 Å². The molecule has 110 valence electrons. The highest BCUT2D eigenvalue weighted by Crippen LogP contribution is 2.22. The molecule has 21 heavy (non-hydrogen) atoms. The maximum Gasteiger partial charge on any atom is 0.178 e. The second-order valence-corrected chi connectivity index (χ2v) is 5.41. The standard InChI is InChI=1S/C15H18N4OS/c1-4-12-10(8-18(2)17-12)9-19-14-6-5-11(20-3)7-13(14)16-15(19)21/h5-8H,4,9H2,1-3H3,(H,16,21). The summed E-state index contributed by atoms with van der Waals surface area (Å²) in [6, 6.07) is 5.94. The highest BCUT2D eigenvalue weighted by Gasteiger charge is 2.10. The number of rotatable bonds is 4. The summed E-state index contributed by atoms with van der Waals surface area (Å²) in [4.78, 5) is 3.24. The second kappa shape index (κ2) is 5.37. The van der Waals surface area contributed by atoms with Crippen LogP contribution in [0.3, 0.4) is 0 Å². The van der Waals surface area contributed by atoms with Crippen molar-refractivity contribution in [3.05, 3.63) is 40.4 Å². The van der Waals surface area contributed by atoms with E-state index in [0.717, 1.165) is 35.4 Å². The van der Waals surface area contributed by atoms with Gasteiger partial charge in [-0.05, 0) is 30.8 Å². The fourth-order valence-electron chi connectivity index (χ4n) is 2.61. The summed E-state index contributed by atoms with van der Waals surface area (Å²) in [7, 11) is 3.61. The number of fused-ring (bicyclic) bond motifs is 1. The Morgan fingerprint density at radius 1 is 1.38 bits per heavy atom. The molecular formula is C15H18N4OS. The van der Waals surface area contributed by atoms with Gasteiger partial charge in [0, 0.05) is 24.9 Å². The Morgan fingerprint density at radius 3 is 2.90 bits per heavy atom. The van der Waals surface area contributed by atoms with Crippen LogP contribution in [0.2, 0.25) is 0 Å². The van der Waals surface area contributed by atoms with Crippen LogP contribution in [0.15, 0.2) is 24.4 Å². The number of nitrogens with one attached hydrogen (secondary N) is 1. The first-order valence-corrected chi connectivity index (χ1v) is 7.31. The number of hydrogen-bond acceptors (Lipinski definition) is 3. The van der Waals surface area contributed by atoms with E-state index in [0.29, 0.717) is 4.77 Å². The van der Waals surface area contributed by atoms with Gasteiger partial charge in [0.2, 0.25) is 0 Å². The van der Waals surface area contributed by atoms with Crippen molar-refractivity contribution in [2.75, 3.05) is 7.11 Å². The maximum absolute atomic E-state index is 5.46. The average molecular weight is 302 g/mol. The molecule has 0 saturated heterocycles. The lowest BCUT2D eigenvalue weighted by atomic mass is 10.2. The normalized spacial score (nSPS) is 11.2. The molecule has 0 radical (unpaired) electrons. The van der Waals surface area contributed by atoms with Gasteiger partial charge in [0.05, 0.1) is 30.4 Å². The van der Waals surface area contributed by atoms with Crippen molar-refractivity contribution in [3.8, 4) is 5.75 Å². The monoisotopic (exact) mass is 302 g/mol. The van der Waals surface area contributed by atoms with Gasteiger partial charge in [-0.25, -0.2) is 0 Å². The predicted octanol–water partition coefficient (Wildman–Crippen LogP) is 3.05. The van der Waals surface area contributed by atoms with Crippen molar-refractivity contribution in [1.82, 2.24) is 19.3 Å². The lowest BCUT2D eigenvalue weighted by Gasteiger charge is -2.05. The van der Waals surface area contributed by atoms with Gasteiger partial charge in [0.15, 0.2) is 4.77 Å². The zero-order valence-electron chi connectivity index (χ0n) is 12.4. The van der Waals surface area contributed by atoms with Crippen molar-refractivity contribution < 1.29 is 4.74 Å². The van der Waals surface area contributed by atoms with Gasteiger partial charge in [0.25, 0.3) is 0 Å². The number of hydrogen-bond donors (Lipinski definition) is 1. The minimum absolute atomic E-state index is 0.712. The molecule has 5 nitrogen and oxygen atoms in total. The molecule has 3 aromatic rings. The van der Waals surface area contributed by atoms with Crippen LogP contribution in [-0.4, -0.2) is 26.4 Å². The first kappa shape index (κ1) is 13.9. The summed E-state index contributed by atoms with van der Waals surface area (Å²) in [6.45, 7) is 2.84. The van der Waals surface area contributed by atoms with E-state index in [1.165, 1.54) is 5.56 Å². The van der Waals surface area contributed by atoms with Crippen LogP contribution in [0.1, 0.15) is 18.2 Å². The van der Waals surface area contributed by atoms with Gasteiger partial charge in [-0.2, -0.15) is 5.10 Å². The van der Waals surface area contributed by atoms with Gasteiger partial charge in [-0.15, -0.1) is 0 Å². The molecular weight excluding hydrogens is 284 g/mol. The average Bonchev–Trinajstić information content (AvgIpc) is 2.99. The second-order valence-electron chi connectivity index (χ2n) is 5.03. The number of benzene rings is 1. The number of aryl methyl sites for hydroxylation is 2. The number of methoxy groups -OCH3 is 1. The van der Waals surface area contributed by atoms with Crippen molar-refractivity contribution >= 4 is 23.3 Å². The molecule has 0 bridgehead atoms. The molecule has 1 aromatic carbocycles. The lowest BCUT2D eigenvalue weighted by Crippen LogP contribution is -2.01. The Labute approximate surface area is 128 Å². The molecule has 0 saturated carbocycles. The number of nitrogens with zero attached hydrogens (tertiary/aromatic N) is 3. The Hall–Kier alpha value is -2.08. The minimum atomic E-state index is 0.712. The first-order chi connectivity index (χ1) is 10.1. The molecule has 3 rings (SSSR count). The van der Waals surface area contributed by atoms with Crippen molar-refractivity contribution in [1.29, 1.82) is 0 Å². The van der Waals surface area contributed by atoms with Crippen molar-refractivity contribution in [3.63, 3.8) is 0 Å². The third-order valence-electron chi connectivity index (χ3n) is 3.64. The van der Waals surface area contributed by atoms with Crippen LogP contribution in [0.5, 0.6) is 5.75 Å². The Kier molecular flexibility index (Phi) is 3.55. The maximum atomic E-state index is 5.46. The third-order valence-corrected chi connectivity index (χ3v) is 3.96. The molecule has 2 heterocycles. The smallest absolute Gasteiger partial charge is 0.178 e. The zero-order valence-corrected chi connectivity index (χ0v) is 13.2. The highest BCUT2D eigenvalue weighted by atomic mass is 32.1. The topological polar surface area (TPSA) is 47.8 Å². The fraction of sp³-hybridized carbons (Fsp3) is 0.333. The van der Waals surface area contributed by atoms with Crippen LogP contribution < -0.4 is 4.74 Å². The van der Waals surface area contributed by atoms with E-state index in [1.54, 1.807) is 7.11 Å². The van der Waals surface area contributed by atoms with E-state index in [2.05, 4.69) is 27.8 Å². The van der Waals surface area contributed by atoms with Crippen LogP contribution in [0.4, 0.5) is 0 Å². The van der Waals surface area contributed by atoms with Gasteiger partial charge < -0.3 is 14.3 Å². The molecule has 0 unspecified atom stereocenters. The summed E-state index contributed by atoms with van der Waals surface area (Å²) in [5, 5.41) is 4.49. The summed E-state index contributed by atoms with van der Waals surface area (Å²) in [6.07, 6.45) is 2.97. The first-order valence-electron chi connectivity index (χ1n) is 6.90. The zero-order chi connectivity index (χ0) is 15.0. The molecule has 2 aromatic heterocycles. The Morgan fingerprint density at radius 2 is 2.19 bits per heavy atom. The van der Waals surface area contributed by atoms with E-state index in [-0.39, 0.29) is 0 Å². The number of imidazole rings is 1. The third kappa shape index (κ3) is 2.47. The highest BCUT2D eigenvalue weighted by molar-refractivity contribution is 7.71. The van der Waals surface area contributed by atoms with Gasteiger partial charge in [0.1, 0.15) is 5.75 Å². The SMILES string of the molecule is CCc1nn(C)cc1Cn1c(=S)[nH]c2cc(OC)ccc21. The van der Waals surface area contributed by atoms with Crippen LogP contribution in [0.25, 0.3) is 11.0 Å². The quantitative estimate of drug-likeness (QED) is 0.754. The van der Waals surface area contributed by atoms with E-state index in [1.807, 2.05) is 29.9 Å². The number of aromatic nitrogens is 4. The Bertz CT molecular complexity index is 843. The summed E-state index contributed by atoms with van der Waals surface area (Å²) < 4.78 is 9.92. The molecule has 0 atom stereocenters. The molecule has 0 amide bonds. The van der Waals surface area contributed by atoms with Crippen molar-refractivity contribution in [2.45, 2.75) is 19.9 Å². The molecule has 6 heteroatoms.